The molecule has 4 rings (SSSR count). The van der Waals surface area contributed by atoms with Crippen LogP contribution in [0.5, 0.6) is 0 Å². The number of alkyl carbamates (subject to hydrolysis) is 1. The van der Waals surface area contributed by atoms with Crippen molar-refractivity contribution in [3.63, 3.8) is 0 Å². The molecular weight excluding hydrogens is 440 g/mol. The molecule has 0 radical (unpaired) electrons. The van der Waals surface area contributed by atoms with Crippen molar-refractivity contribution in [3.8, 4) is 11.1 Å². The van der Waals surface area contributed by atoms with Gasteiger partial charge in [-0.25, -0.2) is 4.79 Å². The van der Waals surface area contributed by atoms with E-state index in [-0.39, 0.29) is 18.0 Å². The van der Waals surface area contributed by atoms with Crippen molar-refractivity contribution in [1.29, 1.82) is 0 Å². The summed E-state index contributed by atoms with van der Waals surface area (Å²) in [5, 5.41) is 6.01. The number of carbonyl (C=O) groups excluding carboxylic acids is 2. The van der Waals surface area contributed by atoms with Gasteiger partial charge in [-0.1, -0.05) is 6.07 Å². The third-order valence-corrected chi connectivity index (χ3v) is 7.43. The van der Waals surface area contributed by atoms with E-state index in [0.29, 0.717) is 19.7 Å². The second-order valence-corrected chi connectivity index (χ2v) is 9.63. The molecule has 1 saturated heterocycles. The highest BCUT2D eigenvalue weighted by molar-refractivity contribution is 7.12. The van der Waals surface area contributed by atoms with Crippen molar-refractivity contribution in [3.05, 3.63) is 40.3 Å². The molecule has 1 unspecified atom stereocenters. The first-order valence-corrected chi connectivity index (χ1v) is 12.4. The van der Waals surface area contributed by atoms with Gasteiger partial charge < -0.3 is 25.0 Å². The summed E-state index contributed by atoms with van der Waals surface area (Å²) < 4.78 is 10.4. The van der Waals surface area contributed by atoms with E-state index in [1.54, 1.807) is 17.5 Å². The van der Waals surface area contributed by atoms with Gasteiger partial charge in [0.05, 0.1) is 19.8 Å². The largest absolute Gasteiger partial charge is 0.453 e. The lowest BCUT2D eigenvalue weighted by atomic mass is 10.0. The number of methoxy groups -OCH3 is 1. The number of pyridine rings is 1. The molecule has 8 nitrogen and oxygen atoms in total. The van der Waals surface area contributed by atoms with Gasteiger partial charge >= 0.3 is 6.09 Å². The van der Waals surface area contributed by atoms with E-state index in [2.05, 4.69) is 39.4 Å². The monoisotopic (exact) mass is 472 g/mol. The third-order valence-electron chi connectivity index (χ3n) is 6.06. The minimum atomic E-state index is -0.416. The van der Waals surface area contributed by atoms with Crippen LogP contribution in [-0.2, 0) is 20.7 Å². The molecule has 0 aromatic carbocycles. The van der Waals surface area contributed by atoms with Crippen LogP contribution in [0, 0.1) is 0 Å². The van der Waals surface area contributed by atoms with Gasteiger partial charge in [0.15, 0.2) is 0 Å². The first-order chi connectivity index (χ1) is 16.1. The predicted molar refractivity (Wildman–Crippen MR) is 127 cm³/mol. The lowest BCUT2D eigenvalue weighted by Crippen LogP contribution is -2.50. The highest BCUT2D eigenvalue weighted by Crippen LogP contribution is 2.41. The lowest BCUT2D eigenvalue weighted by Gasteiger charge is -2.33. The number of amides is 2. The van der Waals surface area contributed by atoms with E-state index >= 15 is 0 Å². The molecule has 1 aliphatic carbocycles. The van der Waals surface area contributed by atoms with E-state index < -0.39 is 12.2 Å². The fraction of sp³-hybridized carbons (Fsp3) is 0.542. The minimum Gasteiger partial charge on any atom is -0.453 e. The second-order valence-electron chi connectivity index (χ2n) is 8.47. The molecule has 1 aliphatic heterocycles. The van der Waals surface area contributed by atoms with Gasteiger partial charge in [0, 0.05) is 53.4 Å². The number of carbonyl (C=O) groups is 2. The van der Waals surface area contributed by atoms with Gasteiger partial charge in [-0.15, -0.1) is 11.3 Å². The lowest BCUT2D eigenvalue weighted by molar-refractivity contribution is -0.148. The van der Waals surface area contributed by atoms with Crippen molar-refractivity contribution in [2.45, 2.75) is 50.8 Å². The molecule has 2 aromatic rings. The standard InChI is InChI=1S/C24H32N4O4S/c1-16(28(18-7-8-18)23(29)20-15-26-11-12-32-20)22-13-19(17-5-3-9-25-14-17)21(33-22)6-4-10-27-24(30)31-2/h3,5,9,13-14,16,18,20,26H,4,6-8,10-12,15H2,1-2H3,(H,27,30)/t16?,20-/m1/s1. The quantitative estimate of drug-likeness (QED) is 0.545. The van der Waals surface area contributed by atoms with Crippen molar-refractivity contribution in [1.82, 2.24) is 20.5 Å². The molecule has 2 aromatic heterocycles. The second kappa shape index (κ2) is 11.1. The Bertz CT molecular complexity index is 941. The molecule has 9 heteroatoms. The first kappa shape index (κ1) is 23.7. The summed E-state index contributed by atoms with van der Waals surface area (Å²) in [5.74, 6) is 0.0809. The predicted octanol–water partition coefficient (Wildman–Crippen LogP) is 3.14. The molecule has 0 bridgehead atoms. The maximum Gasteiger partial charge on any atom is 0.406 e. The van der Waals surface area contributed by atoms with Crippen LogP contribution >= 0.6 is 11.3 Å². The number of morpholine rings is 1. The van der Waals surface area contributed by atoms with E-state index in [9.17, 15) is 9.59 Å². The minimum absolute atomic E-state index is 0.0297. The number of rotatable bonds is 9. The van der Waals surface area contributed by atoms with Gasteiger partial charge in [0.2, 0.25) is 0 Å². The molecule has 2 atom stereocenters. The average molecular weight is 473 g/mol. The fourth-order valence-corrected chi connectivity index (χ4v) is 5.46. The van der Waals surface area contributed by atoms with Crippen LogP contribution in [0.1, 0.15) is 42.0 Å². The summed E-state index contributed by atoms with van der Waals surface area (Å²) in [6.45, 7) is 4.58. The first-order valence-electron chi connectivity index (χ1n) is 11.6. The Labute approximate surface area is 198 Å². The number of thiophene rings is 1. The number of aromatic nitrogens is 1. The molecule has 33 heavy (non-hydrogen) atoms. The highest BCUT2D eigenvalue weighted by atomic mass is 32.1. The molecule has 0 spiro atoms. The SMILES string of the molecule is COC(=O)NCCCc1sc(C(C)N(C(=O)[C@H]2CNCCO2)C2CC2)cc1-c1cccnc1. The third kappa shape index (κ3) is 5.90. The maximum absolute atomic E-state index is 13.4. The van der Waals surface area contributed by atoms with Crippen LogP contribution in [0.4, 0.5) is 4.79 Å². The van der Waals surface area contributed by atoms with Gasteiger partial charge in [-0.2, -0.15) is 0 Å². The van der Waals surface area contributed by atoms with E-state index in [1.165, 1.54) is 12.0 Å². The molecule has 3 heterocycles. The summed E-state index contributed by atoms with van der Waals surface area (Å²) in [6, 6.07) is 6.46. The Kier molecular flexibility index (Phi) is 7.95. The van der Waals surface area contributed by atoms with Crippen LogP contribution in [0.15, 0.2) is 30.6 Å². The van der Waals surface area contributed by atoms with Crippen LogP contribution in [0.25, 0.3) is 11.1 Å². The molecule has 2 N–H and O–H groups in total. The van der Waals surface area contributed by atoms with Crippen LogP contribution in [0.2, 0.25) is 0 Å². The van der Waals surface area contributed by atoms with Gasteiger partial charge in [-0.05, 0) is 50.3 Å². The highest BCUT2D eigenvalue weighted by Gasteiger charge is 2.40. The van der Waals surface area contributed by atoms with Gasteiger partial charge in [-0.3, -0.25) is 9.78 Å². The summed E-state index contributed by atoms with van der Waals surface area (Å²) in [6.07, 6.45) is 6.52. The maximum atomic E-state index is 13.4. The smallest absolute Gasteiger partial charge is 0.406 e. The molecular formula is C24H32N4O4S. The number of aryl methyl sites for hydroxylation is 1. The molecule has 2 aliphatic rings. The Morgan fingerprint density at radius 1 is 1.42 bits per heavy atom. The summed E-state index contributed by atoms with van der Waals surface area (Å²) in [7, 11) is 1.37. The number of nitrogens with one attached hydrogen (secondary N) is 2. The van der Waals surface area contributed by atoms with Gasteiger partial charge in [0.1, 0.15) is 6.10 Å². The molecule has 2 fully saturated rings. The number of hydrogen-bond donors (Lipinski definition) is 2. The van der Waals surface area contributed by atoms with E-state index in [4.69, 9.17) is 4.74 Å². The topological polar surface area (TPSA) is 92.8 Å². The molecule has 2 amide bonds. The number of ether oxygens (including phenoxy) is 2. The summed E-state index contributed by atoms with van der Waals surface area (Å²) in [5.41, 5.74) is 2.21. The Morgan fingerprint density at radius 2 is 2.27 bits per heavy atom. The van der Waals surface area contributed by atoms with Gasteiger partial charge in [0.25, 0.3) is 5.91 Å². The van der Waals surface area contributed by atoms with Crippen molar-refractivity contribution in [2.75, 3.05) is 33.4 Å². The van der Waals surface area contributed by atoms with E-state index in [0.717, 1.165) is 48.2 Å². The average Bonchev–Trinajstić information content (AvgIpc) is 3.60. The zero-order valence-corrected chi connectivity index (χ0v) is 20.0. The van der Waals surface area contributed by atoms with E-state index in [1.807, 2.05) is 17.2 Å². The Balaban J connectivity index is 1.54. The fourth-order valence-electron chi connectivity index (χ4n) is 4.19. The van der Waals surface area contributed by atoms with Crippen molar-refractivity contribution in [2.24, 2.45) is 0 Å². The summed E-state index contributed by atoms with van der Waals surface area (Å²) >= 11 is 1.74. The van der Waals surface area contributed by atoms with Crippen molar-refractivity contribution < 1.29 is 19.1 Å². The number of hydrogen-bond acceptors (Lipinski definition) is 7. The number of nitrogens with zero attached hydrogens (tertiary/aromatic N) is 2. The summed E-state index contributed by atoms with van der Waals surface area (Å²) in [4.78, 5) is 33.4. The zero-order chi connectivity index (χ0) is 23.2. The van der Waals surface area contributed by atoms with Crippen LogP contribution in [-0.4, -0.2) is 67.4 Å². The molecule has 178 valence electrons. The van der Waals surface area contributed by atoms with Crippen LogP contribution < -0.4 is 10.6 Å². The van der Waals surface area contributed by atoms with Crippen molar-refractivity contribution >= 4 is 23.3 Å². The molecule has 1 saturated carbocycles. The Morgan fingerprint density at radius 3 is 2.94 bits per heavy atom. The normalized spacial score (nSPS) is 19.0. The van der Waals surface area contributed by atoms with Crippen LogP contribution in [0.3, 0.4) is 0 Å². The zero-order valence-electron chi connectivity index (χ0n) is 19.2. The Hall–Kier alpha value is -2.49.